The van der Waals surface area contributed by atoms with E-state index in [2.05, 4.69) is 10.6 Å². The first-order valence-electron chi connectivity index (χ1n) is 9.47. The topological polar surface area (TPSA) is 67.4 Å². The highest BCUT2D eigenvalue weighted by Gasteiger charge is 2.22. The Bertz CT molecular complexity index is 972. The third-order valence-corrected chi connectivity index (χ3v) is 4.62. The van der Waals surface area contributed by atoms with Crippen molar-refractivity contribution in [1.29, 1.82) is 0 Å². The van der Waals surface area contributed by atoms with E-state index in [1.54, 1.807) is 24.3 Å². The first-order chi connectivity index (χ1) is 14.0. The number of para-hydroxylation sites is 1. The van der Waals surface area contributed by atoms with Crippen molar-refractivity contribution in [3.63, 3.8) is 0 Å². The van der Waals surface area contributed by atoms with E-state index in [1.807, 2.05) is 68.4 Å². The summed E-state index contributed by atoms with van der Waals surface area (Å²) in [5, 5.41) is 5.58. The van der Waals surface area contributed by atoms with Crippen LogP contribution in [0.5, 0.6) is 5.75 Å². The van der Waals surface area contributed by atoms with E-state index in [0.29, 0.717) is 17.9 Å². The molecule has 3 rings (SSSR count). The molecule has 0 fully saturated rings. The molecule has 0 saturated heterocycles. The molecule has 0 unspecified atom stereocenters. The Hall–Kier alpha value is -3.60. The molecule has 0 spiro atoms. The van der Waals surface area contributed by atoms with E-state index in [-0.39, 0.29) is 5.91 Å². The van der Waals surface area contributed by atoms with Crippen molar-refractivity contribution in [2.24, 2.45) is 0 Å². The summed E-state index contributed by atoms with van der Waals surface area (Å²) < 4.78 is 5.29. The van der Waals surface area contributed by atoms with Crippen LogP contribution in [0.25, 0.3) is 0 Å². The minimum atomic E-state index is -0.782. The fraction of sp³-hybridized carbons (Fsp3) is 0.167. The summed E-state index contributed by atoms with van der Waals surface area (Å²) in [6, 6.07) is 23.2. The average molecular weight is 388 g/mol. The van der Waals surface area contributed by atoms with E-state index in [9.17, 15) is 9.59 Å². The Morgan fingerprint density at radius 3 is 2.17 bits per heavy atom. The van der Waals surface area contributed by atoms with Crippen LogP contribution in [-0.2, 0) is 11.2 Å². The van der Waals surface area contributed by atoms with Crippen LogP contribution >= 0.6 is 0 Å². The quantitative estimate of drug-likeness (QED) is 0.646. The van der Waals surface area contributed by atoms with Crippen LogP contribution in [0.1, 0.15) is 16.7 Å². The van der Waals surface area contributed by atoms with Crippen LogP contribution in [0, 0.1) is 13.8 Å². The van der Waals surface area contributed by atoms with Crippen molar-refractivity contribution in [3.8, 4) is 5.75 Å². The molecule has 0 aliphatic rings. The zero-order chi connectivity index (χ0) is 20.6. The molecule has 2 N–H and O–H groups in total. The number of nitrogens with one attached hydrogen (secondary N) is 2. The van der Waals surface area contributed by atoms with Crippen LogP contribution < -0.4 is 15.4 Å². The van der Waals surface area contributed by atoms with E-state index in [4.69, 9.17) is 4.74 Å². The Morgan fingerprint density at radius 1 is 0.862 bits per heavy atom. The van der Waals surface area contributed by atoms with E-state index >= 15 is 0 Å². The van der Waals surface area contributed by atoms with Gasteiger partial charge in [0.15, 0.2) is 0 Å². The highest BCUT2D eigenvalue weighted by atomic mass is 16.6. The van der Waals surface area contributed by atoms with Gasteiger partial charge in [-0.1, -0.05) is 54.6 Å². The molecule has 2 amide bonds. The molecule has 0 saturated carbocycles. The van der Waals surface area contributed by atoms with Gasteiger partial charge in [-0.2, -0.15) is 0 Å². The van der Waals surface area contributed by atoms with Gasteiger partial charge in [0.25, 0.3) is 0 Å². The van der Waals surface area contributed by atoms with Crippen molar-refractivity contribution < 1.29 is 14.3 Å². The third-order valence-electron chi connectivity index (χ3n) is 4.62. The average Bonchev–Trinajstić information content (AvgIpc) is 2.72. The molecule has 0 radical (unpaired) electrons. The number of amides is 2. The summed E-state index contributed by atoms with van der Waals surface area (Å²) in [6.07, 6.45) is -0.325. The monoisotopic (exact) mass is 388 g/mol. The zero-order valence-corrected chi connectivity index (χ0v) is 16.5. The van der Waals surface area contributed by atoms with Crippen LogP contribution in [0.2, 0.25) is 0 Å². The second kappa shape index (κ2) is 9.55. The van der Waals surface area contributed by atoms with E-state index in [0.717, 1.165) is 16.7 Å². The summed E-state index contributed by atoms with van der Waals surface area (Å²) in [7, 11) is 0. The van der Waals surface area contributed by atoms with Crippen molar-refractivity contribution in [1.82, 2.24) is 5.32 Å². The van der Waals surface area contributed by atoms with Gasteiger partial charge < -0.3 is 15.4 Å². The minimum absolute atomic E-state index is 0.304. The molecule has 5 nitrogen and oxygen atoms in total. The molecule has 148 valence electrons. The van der Waals surface area contributed by atoms with Crippen molar-refractivity contribution in [2.45, 2.75) is 26.3 Å². The van der Waals surface area contributed by atoms with Gasteiger partial charge in [0.2, 0.25) is 5.91 Å². The SMILES string of the molecule is Cc1ccc(NC(=O)[C@H](Cc2ccccc2)NC(=O)Oc2ccccc2)cc1C. The number of anilines is 1. The first-order valence-corrected chi connectivity index (χ1v) is 9.47. The lowest BCUT2D eigenvalue weighted by Crippen LogP contribution is -2.46. The molecule has 0 aromatic heterocycles. The summed E-state index contributed by atoms with van der Waals surface area (Å²) in [5.41, 5.74) is 3.86. The number of benzene rings is 3. The summed E-state index contributed by atoms with van der Waals surface area (Å²) >= 11 is 0. The van der Waals surface area contributed by atoms with Gasteiger partial charge in [-0.05, 0) is 54.8 Å². The fourth-order valence-electron chi connectivity index (χ4n) is 2.87. The van der Waals surface area contributed by atoms with Crippen LogP contribution in [0.15, 0.2) is 78.9 Å². The molecular formula is C24H24N2O3. The summed E-state index contributed by atoms with van der Waals surface area (Å²) in [5.74, 6) is 0.111. The zero-order valence-electron chi connectivity index (χ0n) is 16.5. The smallest absolute Gasteiger partial charge is 0.410 e. The number of hydrogen-bond acceptors (Lipinski definition) is 3. The molecule has 29 heavy (non-hydrogen) atoms. The number of rotatable bonds is 6. The maximum absolute atomic E-state index is 12.9. The minimum Gasteiger partial charge on any atom is -0.410 e. The van der Waals surface area contributed by atoms with Crippen molar-refractivity contribution in [3.05, 3.63) is 95.6 Å². The number of aryl methyl sites for hydroxylation is 2. The van der Waals surface area contributed by atoms with Crippen LogP contribution in [0.3, 0.4) is 0 Å². The summed E-state index contributed by atoms with van der Waals surface area (Å²) in [4.78, 5) is 25.3. The highest BCUT2D eigenvalue weighted by Crippen LogP contribution is 2.15. The van der Waals surface area contributed by atoms with E-state index < -0.39 is 12.1 Å². The molecule has 0 bridgehead atoms. The fourth-order valence-corrected chi connectivity index (χ4v) is 2.87. The Kier molecular flexibility index (Phi) is 6.63. The van der Waals surface area contributed by atoms with Gasteiger partial charge in [0.1, 0.15) is 11.8 Å². The van der Waals surface area contributed by atoms with Gasteiger partial charge in [-0.3, -0.25) is 4.79 Å². The lowest BCUT2D eigenvalue weighted by molar-refractivity contribution is -0.118. The molecule has 3 aromatic carbocycles. The predicted molar refractivity (Wildman–Crippen MR) is 114 cm³/mol. The van der Waals surface area contributed by atoms with Gasteiger partial charge in [0.05, 0.1) is 0 Å². The lowest BCUT2D eigenvalue weighted by Gasteiger charge is -2.19. The standard InChI is InChI=1S/C24H24N2O3/c1-17-13-14-20(15-18(17)2)25-23(27)22(16-19-9-5-3-6-10-19)26-24(28)29-21-11-7-4-8-12-21/h3-15,22H,16H2,1-2H3,(H,25,27)(H,26,28)/t22-/m0/s1. The molecule has 5 heteroatoms. The van der Waals surface area contributed by atoms with Crippen molar-refractivity contribution in [2.75, 3.05) is 5.32 Å². The molecule has 0 aliphatic carbocycles. The molecule has 1 atom stereocenters. The van der Waals surface area contributed by atoms with Gasteiger partial charge >= 0.3 is 6.09 Å². The second-order valence-electron chi connectivity index (χ2n) is 6.88. The van der Waals surface area contributed by atoms with Crippen LogP contribution in [0.4, 0.5) is 10.5 Å². The van der Waals surface area contributed by atoms with Crippen LogP contribution in [-0.4, -0.2) is 18.0 Å². The number of hydrogen-bond donors (Lipinski definition) is 2. The molecular weight excluding hydrogens is 364 g/mol. The van der Waals surface area contributed by atoms with Gasteiger partial charge in [0, 0.05) is 12.1 Å². The molecule has 3 aromatic rings. The number of carbonyl (C=O) groups is 2. The van der Waals surface area contributed by atoms with Crippen molar-refractivity contribution >= 4 is 17.7 Å². The number of ether oxygens (including phenoxy) is 1. The Labute approximate surface area is 170 Å². The highest BCUT2D eigenvalue weighted by molar-refractivity contribution is 5.97. The van der Waals surface area contributed by atoms with Gasteiger partial charge in [-0.15, -0.1) is 0 Å². The molecule has 0 heterocycles. The Balaban J connectivity index is 1.73. The molecule has 0 aliphatic heterocycles. The Morgan fingerprint density at radius 2 is 1.52 bits per heavy atom. The lowest BCUT2D eigenvalue weighted by atomic mass is 10.0. The predicted octanol–water partition coefficient (Wildman–Crippen LogP) is 4.64. The maximum atomic E-state index is 12.9. The largest absolute Gasteiger partial charge is 0.413 e. The summed E-state index contributed by atoms with van der Waals surface area (Å²) in [6.45, 7) is 4.00. The third kappa shape index (κ3) is 5.94. The normalized spacial score (nSPS) is 11.4. The number of carbonyl (C=O) groups excluding carboxylic acids is 2. The first kappa shape index (κ1) is 20.1. The maximum Gasteiger partial charge on any atom is 0.413 e. The second-order valence-corrected chi connectivity index (χ2v) is 6.88. The van der Waals surface area contributed by atoms with E-state index in [1.165, 1.54) is 0 Å². The van der Waals surface area contributed by atoms with Gasteiger partial charge in [-0.25, -0.2) is 4.79 Å².